The number of hydrogen-bond acceptors (Lipinski definition) is 2. The Morgan fingerprint density at radius 2 is 1.00 bits per heavy atom. The number of nitrogens with zero attached hydrogens (tertiary/aromatic N) is 2. The molecule has 0 aromatic rings. The Bertz CT molecular complexity index is 47.0. The molecule has 0 aromatic heterocycles. The van der Waals surface area contributed by atoms with Gasteiger partial charge in [-0.05, 0) is 28.2 Å². The van der Waals surface area contributed by atoms with Gasteiger partial charge in [0.15, 0.2) is 0 Å². The molecule has 0 atom stereocenters. The van der Waals surface area contributed by atoms with Crippen molar-refractivity contribution >= 4 is 0 Å². The van der Waals surface area contributed by atoms with Crippen LogP contribution in [0.2, 0.25) is 0 Å². The van der Waals surface area contributed by atoms with E-state index < -0.39 is 0 Å². The van der Waals surface area contributed by atoms with Gasteiger partial charge in [-0.1, -0.05) is 0 Å². The van der Waals surface area contributed by atoms with Crippen LogP contribution in [0.3, 0.4) is 0 Å². The van der Waals surface area contributed by atoms with Crippen molar-refractivity contribution in [2.75, 3.05) is 41.3 Å². The second kappa shape index (κ2) is 6.78. The molecule has 3 heteroatoms. The predicted octanol–water partition coefficient (Wildman–Crippen LogP) is 0.107. The summed E-state index contributed by atoms with van der Waals surface area (Å²) < 4.78 is 0. The van der Waals surface area contributed by atoms with Crippen LogP contribution in [0.1, 0.15) is 0 Å². The Kier molecular flexibility index (Phi) is 9.30. The summed E-state index contributed by atoms with van der Waals surface area (Å²) in [6, 6.07) is 0. The van der Waals surface area contributed by atoms with Gasteiger partial charge in [-0.2, -0.15) is 0 Å². The molecule has 0 saturated carbocycles. The molecule has 0 amide bonds. The zero-order valence-corrected chi connectivity index (χ0v) is 8.09. The summed E-state index contributed by atoms with van der Waals surface area (Å²) in [5.74, 6) is 0. The Balaban J connectivity index is 0. The van der Waals surface area contributed by atoms with Gasteiger partial charge in [0.25, 0.3) is 0 Å². The van der Waals surface area contributed by atoms with Gasteiger partial charge in [-0.25, -0.2) is 0 Å². The molecule has 0 bridgehead atoms. The summed E-state index contributed by atoms with van der Waals surface area (Å²) in [7, 11) is 8.35. The topological polar surface area (TPSA) is 6.48 Å². The van der Waals surface area contributed by atoms with Crippen LogP contribution in [-0.2, 0) is 22.4 Å². The second-order valence-corrected chi connectivity index (χ2v) is 2.61. The summed E-state index contributed by atoms with van der Waals surface area (Å²) in [6.07, 6.45) is 0. The average Bonchev–Trinajstić information content (AvgIpc) is 1.61. The minimum Gasteiger partial charge on any atom is -0.308 e. The van der Waals surface area contributed by atoms with Crippen molar-refractivity contribution in [3.63, 3.8) is 0 Å². The fraction of sp³-hybridized carbons (Fsp3) is 1.00. The van der Waals surface area contributed by atoms with E-state index in [9.17, 15) is 0 Å². The van der Waals surface area contributed by atoms with Gasteiger partial charge in [0, 0.05) is 35.5 Å². The number of likely N-dealkylation sites (N-methyl/N-ethyl adjacent to an activating group) is 2. The van der Waals surface area contributed by atoms with Crippen molar-refractivity contribution in [2.45, 2.75) is 0 Å². The molecule has 0 N–H and O–H groups in total. The summed E-state index contributed by atoms with van der Waals surface area (Å²) in [5, 5.41) is 0. The van der Waals surface area contributed by atoms with Crippen LogP contribution in [0.25, 0.3) is 0 Å². The molecule has 1 radical (unpaired) electrons. The van der Waals surface area contributed by atoms with Gasteiger partial charge in [-0.3, -0.25) is 0 Å². The second-order valence-electron chi connectivity index (χ2n) is 2.61. The van der Waals surface area contributed by atoms with Gasteiger partial charge >= 0.3 is 0 Å². The first-order chi connectivity index (χ1) is 3.63. The molecular formula is C6H16AgN2. The van der Waals surface area contributed by atoms with Gasteiger partial charge < -0.3 is 9.80 Å². The molecule has 61 valence electrons. The van der Waals surface area contributed by atoms with Crippen molar-refractivity contribution in [2.24, 2.45) is 0 Å². The third-order valence-electron chi connectivity index (χ3n) is 0.994. The molecular weight excluding hydrogens is 208 g/mol. The van der Waals surface area contributed by atoms with Crippen LogP contribution in [0.4, 0.5) is 0 Å². The Labute approximate surface area is 73.7 Å². The largest absolute Gasteiger partial charge is 0.308 e. The molecule has 0 fully saturated rings. The molecule has 0 aliphatic heterocycles. The van der Waals surface area contributed by atoms with E-state index in [1.54, 1.807) is 0 Å². The number of hydrogen-bond donors (Lipinski definition) is 0. The van der Waals surface area contributed by atoms with E-state index in [1.165, 1.54) is 0 Å². The first-order valence-electron chi connectivity index (χ1n) is 2.92. The molecule has 9 heavy (non-hydrogen) atoms. The Morgan fingerprint density at radius 3 is 1.11 bits per heavy atom. The van der Waals surface area contributed by atoms with Crippen molar-refractivity contribution in [3.8, 4) is 0 Å². The van der Waals surface area contributed by atoms with Gasteiger partial charge in [0.2, 0.25) is 0 Å². The first kappa shape index (κ1) is 12.3. The molecule has 0 saturated heterocycles. The smallest absolute Gasteiger partial charge is 0.0103 e. The van der Waals surface area contributed by atoms with E-state index in [1.807, 2.05) is 0 Å². The van der Waals surface area contributed by atoms with Crippen molar-refractivity contribution in [1.29, 1.82) is 0 Å². The average molecular weight is 224 g/mol. The maximum absolute atomic E-state index is 2.18. The quantitative estimate of drug-likeness (QED) is 0.627. The first-order valence-corrected chi connectivity index (χ1v) is 2.92. The molecule has 0 heterocycles. The van der Waals surface area contributed by atoms with Gasteiger partial charge in [0.05, 0.1) is 0 Å². The molecule has 0 aliphatic rings. The molecule has 0 aliphatic carbocycles. The van der Waals surface area contributed by atoms with E-state index in [2.05, 4.69) is 38.0 Å². The molecule has 0 rings (SSSR count). The van der Waals surface area contributed by atoms with Crippen molar-refractivity contribution in [3.05, 3.63) is 0 Å². The zero-order chi connectivity index (χ0) is 6.57. The molecule has 2 nitrogen and oxygen atoms in total. The number of rotatable bonds is 3. The van der Waals surface area contributed by atoms with E-state index in [0.29, 0.717) is 0 Å². The standard InChI is InChI=1S/C6H16N2.Ag/c1-7(2)5-6-8(3)4;/h5-6H2,1-4H3;. The molecule has 0 spiro atoms. The van der Waals surface area contributed by atoms with Crippen LogP contribution < -0.4 is 0 Å². The van der Waals surface area contributed by atoms with Gasteiger partial charge in [-0.15, -0.1) is 0 Å². The van der Waals surface area contributed by atoms with Crippen LogP contribution >= 0.6 is 0 Å². The minimum absolute atomic E-state index is 0. The predicted molar refractivity (Wildman–Crippen MR) is 37.1 cm³/mol. The monoisotopic (exact) mass is 223 g/mol. The van der Waals surface area contributed by atoms with E-state index in [0.717, 1.165) is 13.1 Å². The molecule has 0 unspecified atom stereocenters. The van der Waals surface area contributed by atoms with E-state index >= 15 is 0 Å². The van der Waals surface area contributed by atoms with Crippen LogP contribution in [0.5, 0.6) is 0 Å². The maximum Gasteiger partial charge on any atom is 0.0103 e. The maximum atomic E-state index is 2.18. The summed E-state index contributed by atoms with van der Waals surface area (Å²) in [6.45, 7) is 2.29. The van der Waals surface area contributed by atoms with E-state index in [-0.39, 0.29) is 22.4 Å². The summed E-state index contributed by atoms with van der Waals surface area (Å²) in [4.78, 5) is 4.36. The van der Waals surface area contributed by atoms with E-state index in [4.69, 9.17) is 0 Å². The SMILES string of the molecule is CN(C)CCN(C)C.[Ag]. The van der Waals surface area contributed by atoms with Crippen molar-refractivity contribution in [1.82, 2.24) is 9.80 Å². The van der Waals surface area contributed by atoms with Crippen LogP contribution in [-0.4, -0.2) is 51.1 Å². The fourth-order valence-corrected chi connectivity index (χ4v) is 0.400. The Hall–Kier alpha value is 0.660. The fourth-order valence-electron chi connectivity index (χ4n) is 0.400. The summed E-state index contributed by atoms with van der Waals surface area (Å²) >= 11 is 0. The Morgan fingerprint density at radius 1 is 0.778 bits per heavy atom. The summed E-state index contributed by atoms with van der Waals surface area (Å²) in [5.41, 5.74) is 0. The van der Waals surface area contributed by atoms with Crippen LogP contribution in [0.15, 0.2) is 0 Å². The minimum atomic E-state index is 0. The third-order valence-corrected chi connectivity index (χ3v) is 0.994. The third kappa shape index (κ3) is 12.0. The molecule has 0 aromatic carbocycles. The zero-order valence-electron chi connectivity index (χ0n) is 6.61. The van der Waals surface area contributed by atoms with Crippen LogP contribution in [0, 0.1) is 0 Å². The normalized spacial score (nSPS) is 10.0. The van der Waals surface area contributed by atoms with Crippen molar-refractivity contribution < 1.29 is 22.4 Å². The van der Waals surface area contributed by atoms with Gasteiger partial charge in [0.1, 0.15) is 0 Å².